The molecule has 2 heteroatoms. The van der Waals surface area contributed by atoms with Crippen LogP contribution in [0.25, 0.3) is 0 Å². The highest BCUT2D eigenvalue weighted by Gasteiger charge is 2.06. The summed E-state index contributed by atoms with van der Waals surface area (Å²) in [5.74, 6) is 0.0616. The molecule has 0 atom stereocenters. The van der Waals surface area contributed by atoms with Crippen molar-refractivity contribution in [2.45, 2.75) is 27.2 Å². The van der Waals surface area contributed by atoms with Gasteiger partial charge in [-0.05, 0) is 37.5 Å². The number of hydrogen-bond donors (Lipinski definition) is 0. The summed E-state index contributed by atoms with van der Waals surface area (Å²) < 4.78 is 5.22. The Morgan fingerprint density at radius 1 is 1.27 bits per heavy atom. The van der Waals surface area contributed by atoms with E-state index in [-0.39, 0.29) is 12.4 Å². The Morgan fingerprint density at radius 2 is 2.00 bits per heavy atom. The minimum Gasteiger partial charge on any atom is -0.373 e. The highest BCUT2D eigenvalue weighted by Crippen LogP contribution is 2.10. The van der Waals surface area contributed by atoms with E-state index in [1.165, 1.54) is 5.56 Å². The van der Waals surface area contributed by atoms with Crippen LogP contribution in [0.15, 0.2) is 18.2 Å². The van der Waals surface area contributed by atoms with Crippen LogP contribution in [0.5, 0.6) is 0 Å². The summed E-state index contributed by atoms with van der Waals surface area (Å²) >= 11 is 0. The fraction of sp³-hybridized carbons (Fsp3) is 0.462. The molecule has 0 fully saturated rings. The zero-order chi connectivity index (χ0) is 11.3. The van der Waals surface area contributed by atoms with Crippen LogP contribution in [0.2, 0.25) is 0 Å². The summed E-state index contributed by atoms with van der Waals surface area (Å²) in [5, 5.41) is 0. The van der Waals surface area contributed by atoms with E-state index in [0.29, 0.717) is 6.61 Å². The lowest BCUT2D eigenvalue weighted by atomic mass is 10.0. The van der Waals surface area contributed by atoms with Crippen molar-refractivity contribution >= 4 is 5.78 Å². The van der Waals surface area contributed by atoms with Crippen molar-refractivity contribution in [1.29, 1.82) is 0 Å². The monoisotopic (exact) mass is 206 g/mol. The minimum absolute atomic E-state index is 0.0616. The average molecular weight is 206 g/mol. The third-order valence-corrected chi connectivity index (χ3v) is 2.41. The van der Waals surface area contributed by atoms with Gasteiger partial charge in [-0.2, -0.15) is 0 Å². The van der Waals surface area contributed by atoms with E-state index in [1.807, 2.05) is 39.0 Å². The maximum Gasteiger partial charge on any atom is 0.188 e. The molecule has 0 N–H and O–H groups in total. The van der Waals surface area contributed by atoms with Gasteiger partial charge < -0.3 is 4.74 Å². The molecule has 0 aliphatic heterocycles. The summed E-state index contributed by atoms with van der Waals surface area (Å²) in [4.78, 5) is 11.7. The second-order valence-electron chi connectivity index (χ2n) is 3.77. The number of ether oxygens (including phenoxy) is 1. The van der Waals surface area contributed by atoms with Crippen LogP contribution in [0.1, 0.15) is 34.8 Å². The van der Waals surface area contributed by atoms with Crippen LogP contribution < -0.4 is 0 Å². The van der Waals surface area contributed by atoms with Crippen molar-refractivity contribution < 1.29 is 9.53 Å². The standard InChI is InChI=1S/C13H18O2/c1-4-7-15-9-13(14)12-6-5-10(2)11(3)8-12/h5-6,8H,4,7,9H2,1-3H3. The van der Waals surface area contributed by atoms with E-state index in [2.05, 4.69) is 0 Å². The predicted molar refractivity (Wildman–Crippen MR) is 61.4 cm³/mol. The maximum absolute atomic E-state index is 11.7. The molecule has 0 saturated heterocycles. The van der Waals surface area contributed by atoms with Crippen molar-refractivity contribution in [2.24, 2.45) is 0 Å². The molecule has 0 unspecified atom stereocenters. The molecule has 0 radical (unpaired) electrons. The van der Waals surface area contributed by atoms with E-state index >= 15 is 0 Å². The summed E-state index contributed by atoms with van der Waals surface area (Å²) in [5.41, 5.74) is 3.10. The lowest BCUT2D eigenvalue weighted by Crippen LogP contribution is -2.09. The number of carbonyl (C=O) groups excluding carboxylic acids is 1. The fourth-order valence-corrected chi connectivity index (χ4v) is 1.31. The van der Waals surface area contributed by atoms with Crippen LogP contribution in [-0.4, -0.2) is 19.0 Å². The summed E-state index contributed by atoms with van der Waals surface area (Å²) in [6.07, 6.45) is 0.945. The van der Waals surface area contributed by atoms with E-state index in [1.54, 1.807) is 0 Å². The zero-order valence-electron chi connectivity index (χ0n) is 9.67. The first-order valence-corrected chi connectivity index (χ1v) is 5.33. The average Bonchev–Trinajstić information content (AvgIpc) is 2.22. The van der Waals surface area contributed by atoms with Gasteiger partial charge in [-0.1, -0.05) is 19.1 Å². The molecule has 0 bridgehead atoms. The van der Waals surface area contributed by atoms with Gasteiger partial charge in [0.25, 0.3) is 0 Å². The predicted octanol–water partition coefficient (Wildman–Crippen LogP) is 2.91. The number of aryl methyl sites for hydroxylation is 2. The topological polar surface area (TPSA) is 26.3 Å². The van der Waals surface area contributed by atoms with Crippen LogP contribution in [-0.2, 0) is 4.74 Å². The third-order valence-electron chi connectivity index (χ3n) is 2.41. The number of Topliss-reactive ketones (excluding diaryl/α,β-unsaturated/α-hetero) is 1. The molecule has 2 nitrogen and oxygen atoms in total. The lowest BCUT2D eigenvalue weighted by Gasteiger charge is -2.05. The second-order valence-corrected chi connectivity index (χ2v) is 3.77. The lowest BCUT2D eigenvalue weighted by molar-refractivity contribution is 0.0761. The van der Waals surface area contributed by atoms with Gasteiger partial charge in [-0.15, -0.1) is 0 Å². The molecule has 0 amide bonds. The highest BCUT2D eigenvalue weighted by atomic mass is 16.5. The van der Waals surface area contributed by atoms with Gasteiger partial charge in [0.05, 0.1) is 0 Å². The Balaban J connectivity index is 2.62. The fourth-order valence-electron chi connectivity index (χ4n) is 1.31. The van der Waals surface area contributed by atoms with Gasteiger partial charge in [0.15, 0.2) is 5.78 Å². The molecule has 0 spiro atoms. The van der Waals surface area contributed by atoms with Gasteiger partial charge in [0.2, 0.25) is 0 Å². The number of benzene rings is 1. The summed E-state index contributed by atoms with van der Waals surface area (Å²) in [7, 11) is 0. The SMILES string of the molecule is CCCOCC(=O)c1ccc(C)c(C)c1. The molecule has 1 aromatic rings. The summed E-state index contributed by atoms with van der Waals surface area (Å²) in [6.45, 7) is 6.92. The Morgan fingerprint density at radius 3 is 2.60 bits per heavy atom. The summed E-state index contributed by atoms with van der Waals surface area (Å²) in [6, 6.07) is 5.76. The van der Waals surface area contributed by atoms with E-state index in [9.17, 15) is 4.79 Å². The molecule has 0 aliphatic carbocycles. The van der Waals surface area contributed by atoms with Gasteiger partial charge in [0.1, 0.15) is 6.61 Å². The van der Waals surface area contributed by atoms with Gasteiger partial charge >= 0.3 is 0 Å². The quantitative estimate of drug-likeness (QED) is 0.547. The number of hydrogen-bond acceptors (Lipinski definition) is 2. The Hall–Kier alpha value is -1.15. The van der Waals surface area contributed by atoms with Crippen molar-refractivity contribution in [3.63, 3.8) is 0 Å². The van der Waals surface area contributed by atoms with E-state index in [4.69, 9.17) is 4.74 Å². The van der Waals surface area contributed by atoms with Gasteiger partial charge in [0, 0.05) is 12.2 Å². The highest BCUT2D eigenvalue weighted by molar-refractivity contribution is 5.97. The van der Waals surface area contributed by atoms with Crippen LogP contribution in [0, 0.1) is 13.8 Å². The zero-order valence-corrected chi connectivity index (χ0v) is 9.67. The maximum atomic E-state index is 11.7. The second kappa shape index (κ2) is 5.66. The van der Waals surface area contributed by atoms with Crippen LogP contribution in [0.4, 0.5) is 0 Å². The molecular weight excluding hydrogens is 188 g/mol. The molecular formula is C13H18O2. The molecule has 15 heavy (non-hydrogen) atoms. The Bertz CT molecular complexity index is 342. The van der Waals surface area contributed by atoms with Crippen molar-refractivity contribution in [1.82, 2.24) is 0 Å². The molecule has 0 saturated carbocycles. The van der Waals surface area contributed by atoms with Crippen molar-refractivity contribution in [3.05, 3.63) is 34.9 Å². The molecule has 0 aromatic heterocycles. The van der Waals surface area contributed by atoms with Crippen molar-refractivity contribution in [2.75, 3.05) is 13.2 Å². The Labute approximate surface area is 91.3 Å². The molecule has 1 rings (SSSR count). The first kappa shape index (κ1) is 11.9. The number of carbonyl (C=O) groups is 1. The first-order chi connectivity index (χ1) is 7.15. The normalized spacial score (nSPS) is 10.3. The Kier molecular flexibility index (Phi) is 4.50. The largest absolute Gasteiger partial charge is 0.373 e. The third kappa shape index (κ3) is 3.48. The van der Waals surface area contributed by atoms with E-state index in [0.717, 1.165) is 17.5 Å². The minimum atomic E-state index is 0.0616. The number of ketones is 1. The van der Waals surface area contributed by atoms with Crippen LogP contribution >= 0.6 is 0 Å². The first-order valence-electron chi connectivity index (χ1n) is 5.33. The molecule has 0 heterocycles. The van der Waals surface area contributed by atoms with Crippen molar-refractivity contribution in [3.8, 4) is 0 Å². The van der Waals surface area contributed by atoms with Crippen LogP contribution in [0.3, 0.4) is 0 Å². The molecule has 82 valence electrons. The number of rotatable bonds is 5. The van der Waals surface area contributed by atoms with Gasteiger partial charge in [-0.3, -0.25) is 4.79 Å². The smallest absolute Gasteiger partial charge is 0.188 e. The van der Waals surface area contributed by atoms with Gasteiger partial charge in [-0.25, -0.2) is 0 Å². The molecule has 0 aliphatic rings. The molecule has 1 aromatic carbocycles. The van der Waals surface area contributed by atoms with E-state index < -0.39 is 0 Å².